The number of rotatable bonds is 1. The monoisotopic (exact) mass is 274 g/mol. The molecule has 0 aliphatic carbocycles. The Balaban J connectivity index is 2.31. The second-order valence-corrected chi connectivity index (χ2v) is 4.09. The molecule has 0 aliphatic rings. The van der Waals surface area contributed by atoms with Crippen molar-refractivity contribution < 1.29 is 0 Å². The maximum Gasteiger partial charge on any atom is 0.156 e. The maximum absolute atomic E-state index is 4.32. The third kappa shape index (κ3) is 1.49. The number of aromatic nitrogens is 4. The van der Waals surface area contributed by atoms with Crippen LogP contribution in [0, 0.1) is 0 Å². The Hall–Kier alpha value is -1.75. The first kappa shape index (κ1) is 9.47. The molecule has 0 saturated heterocycles. The molecule has 3 rings (SSSR count). The third-order valence-corrected chi connectivity index (χ3v) is 2.64. The Labute approximate surface area is 100 Å². The molecule has 5 heteroatoms. The topological polar surface area (TPSA) is 43.1 Å². The SMILES string of the molecule is Brc1cc2nccc(-c3ccccn3)n2n1. The van der Waals surface area contributed by atoms with E-state index < -0.39 is 0 Å². The van der Waals surface area contributed by atoms with Gasteiger partial charge in [0.2, 0.25) is 0 Å². The summed E-state index contributed by atoms with van der Waals surface area (Å²) in [5, 5.41) is 4.32. The Morgan fingerprint density at radius 3 is 2.81 bits per heavy atom. The predicted molar refractivity (Wildman–Crippen MR) is 63.9 cm³/mol. The largest absolute Gasteiger partial charge is 0.255 e. The van der Waals surface area contributed by atoms with Crippen LogP contribution in [0.15, 0.2) is 47.3 Å². The van der Waals surface area contributed by atoms with Crippen molar-refractivity contribution in [1.82, 2.24) is 19.6 Å². The van der Waals surface area contributed by atoms with Gasteiger partial charge in [-0.25, -0.2) is 9.50 Å². The summed E-state index contributed by atoms with van der Waals surface area (Å²) in [6, 6.07) is 9.56. The van der Waals surface area contributed by atoms with Gasteiger partial charge in [0.05, 0.1) is 11.4 Å². The minimum atomic E-state index is 0.767. The summed E-state index contributed by atoms with van der Waals surface area (Å²) in [5.41, 5.74) is 2.61. The van der Waals surface area contributed by atoms with Gasteiger partial charge in [-0.3, -0.25) is 4.98 Å². The van der Waals surface area contributed by atoms with Gasteiger partial charge in [0.1, 0.15) is 4.60 Å². The van der Waals surface area contributed by atoms with Crippen LogP contribution < -0.4 is 0 Å². The minimum Gasteiger partial charge on any atom is -0.255 e. The van der Waals surface area contributed by atoms with Gasteiger partial charge in [-0.15, -0.1) is 0 Å². The highest BCUT2D eigenvalue weighted by Gasteiger charge is 2.07. The number of nitrogens with zero attached hydrogens (tertiary/aromatic N) is 4. The average Bonchev–Trinajstić information content (AvgIpc) is 2.70. The number of fused-ring (bicyclic) bond motifs is 1. The third-order valence-electron chi connectivity index (χ3n) is 2.26. The van der Waals surface area contributed by atoms with Crippen LogP contribution in [0.25, 0.3) is 17.0 Å². The fourth-order valence-corrected chi connectivity index (χ4v) is 1.94. The van der Waals surface area contributed by atoms with Gasteiger partial charge in [0, 0.05) is 18.5 Å². The number of hydrogen-bond acceptors (Lipinski definition) is 3. The van der Waals surface area contributed by atoms with Crippen molar-refractivity contribution >= 4 is 21.6 Å². The van der Waals surface area contributed by atoms with E-state index in [1.54, 1.807) is 16.9 Å². The van der Waals surface area contributed by atoms with E-state index in [9.17, 15) is 0 Å². The second-order valence-electron chi connectivity index (χ2n) is 3.28. The Kier molecular flexibility index (Phi) is 2.18. The van der Waals surface area contributed by atoms with E-state index in [4.69, 9.17) is 0 Å². The molecule has 0 amide bonds. The fraction of sp³-hybridized carbons (Fsp3) is 0. The molecule has 0 N–H and O–H groups in total. The average molecular weight is 275 g/mol. The number of hydrogen-bond donors (Lipinski definition) is 0. The first-order valence-corrected chi connectivity index (χ1v) is 5.55. The highest BCUT2D eigenvalue weighted by molar-refractivity contribution is 9.10. The summed E-state index contributed by atoms with van der Waals surface area (Å²) in [6.45, 7) is 0. The van der Waals surface area contributed by atoms with Gasteiger partial charge in [-0.05, 0) is 34.1 Å². The lowest BCUT2D eigenvalue weighted by atomic mass is 10.2. The summed E-state index contributed by atoms with van der Waals surface area (Å²) < 4.78 is 2.54. The van der Waals surface area contributed by atoms with Gasteiger partial charge in [0.15, 0.2) is 5.65 Å². The first-order valence-electron chi connectivity index (χ1n) is 4.76. The quantitative estimate of drug-likeness (QED) is 0.685. The molecule has 0 unspecified atom stereocenters. The van der Waals surface area contributed by atoms with Crippen molar-refractivity contribution in [3.63, 3.8) is 0 Å². The molecule has 78 valence electrons. The summed E-state index contributed by atoms with van der Waals surface area (Å²) >= 11 is 3.34. The van der Waals surface area contributed by atoms with Crippen LogP contribution in [0.3, 0.4) is 0 Å². The summed E-state index contributed by atoms with van der Waals surface area (Å²) in [5.74, 6) is 0. The second kappa shape index (κ2) is 3.68. The van der Waals surface area contributed by atoms with Crippen LogP contribution in [-0.4, -0.2) is 19.6 Å². The van der Waals surface area contributed by atoms with Crippen molar-refractivity contribution in [2.45, 2.75) is 0 Å². The lowest BCUT2D eigenvalue weighted by Crippen LogP contribution is -1.96. The molecule has 16 heavy (non-hydrogen) atoms. The molecule has 3 heterocycles. The Morgan fingerprint density at radius 2 is 2.00 bits per heavy atom. The van der Waals surface area contributed by atoms with Crippen molar-refractivity contribution in [2.75, 3.05) is 0 Å². The van der Waals surface area contributed by atoms with Gasteiger partial charge < -0.3 is 0 Å². The zero-order chi connectivity index (χ0) is 11.0. The van der Waals surface area contributed by atoms with E-state index in [1.807, 2.05) is 30.3 Å². The van der Waals surface area contributed by atoms with E-state index in [1.165, 1.54) is 0 Å². The van der Waals surface area contributed by atoms with E-state index in [0.29, 0.717) is 0 Å². The molecule has 0 atom stereocenters. The Morgan fingerprint density at radius 1 is 1.06 bits per heavy atom. The van der Waals surface area contributed by atoms with Crippen LogP contribution in [0.4, 0.5) is 0 Å². The molecular formula is C11H7BrN4. The molecule has 3 aromatic heterocycles. The molecule has 0 spiro atoms. The highest BCUT2D eigenvalue weighted by Crippen LogP contribution is 2.18. The molecule has 4 nitrogen and oxygen atoms in total. The van der Waals surface area contributed by atoms with Gasteiger partial charge in [-0.2, -0.15) is 5.10 Å². The fourth-order valence-electron chi connectivity index (χ4n) is 1.58. The number of halogens is 1. The zero-order valence-corrected chi connectivity index (χ0v) is 9.79. The van der Waals surface area contributed by atoms with Gasteiger partial charge in [-0.1, -0.05) is 6.07 Å². The summed E-state index contributed by atoms with van der Waals surface area (Å²) in [6.07, 6.45) is 3.52. The van der Waals surface area contributed by atoms with Gasteiger partial charge >= 0.3 is 0 Å². The minimum absolute atomic E-state index is 0.767. The normalized spacial score (nSPS) is 10.8. The molecule has 0 radical (unpaired) electrons. The standard InChI is InChI=1S/C11H7BrN4/c12-10-7-11-14-6-4-9(16(11)15-10)8-3-1-2-5-13-8/h1-7H. The Bertz CT molecular complexity index is 633. The van der Waals surface area contributed by atoms with E-state index in [-0.39, 0.29) is 0 Å². The molecule has 0 fully saturated rings. The van der Waals surface area contributed by atoms with Crippen LogP contribution in [0.2, 0.25) is 0 Å². The molecule has 3 aromatic rings. The zero-order valence-electron chi connectivity index (χ0n) is 8.21. The van der Waals surface area contributed by atoms with Crippen LogP contribution >= 0.6 is 15.9 Å². The van der Waals surface area contributed by atoms with E-state index in [0.717, 1.165) is 21.6 Å². The highest BCUT2D eigenvalue weighted by atomic mass is 79.9. The van der Waals surface area contributed by atoms with Crippen molar-refractivity contribution in [1.29, 1.82) is 0 Å². The van der Waals surface area contributed by atoms with E-state index in [2.05, 4.69) is 31.0 Å². The summed E-state index contributed by atoms with van der Waals surface area (Å²) in [4.78, 5) is 8.54. The molecular weight excluding hydrogens is 268 g/mol. The van der Waals surface area contributed by atoms with Crippen LogP contribution in [0.5, 0.6) is 0 Å². The predicted octanol–water partition coefficient (Wildman–Crippen LogP) is 2.55. The smallest absolute Gasteiger partial charge is 0.156 e. The lowest BCUT2D eigenvalue weighted by molar-refractivity contribution is 0.930. The van der Waals surface area contributed by atoms with Crippen LogP contribution in [-0.2, 0) is 0 Å². The first-order chi connectivity index (χ1) is 7.84. The van der Waals surface area contributed by atoms with Crippen molar-refractivity contribution in [3.05, 3.63) is 47.3 Å². The number of pyridine rings is 1. The van der Waals surface area contributed by atoms with E-state index >= 15 is 0 Å². The molecule has 0 bridgehead atoms. The molecule has 0 aliphatic heterocycles. The summed E-state index contributed by atoms with van der Waals surface area (Å²) in [7, 11) is 0. The maximum atomic E-state index is 4.32. The molecule has 0 saturated carbocycles. The lowest BCUT2D eigenvalue weighted by Gasteiger charge is -2.02. The van der Waals surface area contributed by atoms with Crippen molar-refractivity contribution in [2.24, 2.45) is 0 Å². The van der Waals surface area contributed by atoms with Crippen LogP contribution in [0.1, 0.15) is 0 Å². The van der Waals surface area contributed by atoms with Crippen molar-refractivity contribution in [3.8, 4) is 11.4 Å². The molecule has 0 aromatic carbocycles. The van der Waals surface area contributed by atoms with Gasteiger partial charge in [0.25, 0.3) is 0 Å².